The first-order valence-corrected chi connectivity index (χ1v) is 7.37. The Labute approximate surface area is 122 Å². The topological polar surface area (TPSA) is 87.6 Å². The first kappa shape index (κ1) is 12.6. The average Bonchev–Trinajstić information content (AvgIpc) is 3.15. The highest BCUT2D eigenvalue weighted by Crippen LogP contribution is 2.28. The van der Waals surface area contributed by atoms with E-state index < -0.39 is 0 Å². The molecule has 1 aliphatic heterocycles. The number of aromatic amines is 1. The van der Waals surface area contributed by atoms with Crippen molar-refractivity contribution in [3.63, 3.8) is 0 Å². The lowest BCUT2D eigenvalue weighted by Crippen LogP contribution is -2.25. The fourth-order valence-corrected chi connectivity index (χ4v) is 3.26. The zero-order valence-electron chi connectivity index (χ0n) is 12.0. The smallest absolute Gasteiger partial charge is 0.277 e. The summed E-state index contributed by atoms with van der Waals surface area (Å²) >= 11 is 0. The molecule has 0 bridgehead atoms. The van der Waals surface area contributed by atoms with Crippen LogP contribution in [0, 0.1) is 0 Å². The van der Waals surface area contributed by atoms with Crippen molar-refractivity contribution in [3.05, 3.63) is 28.2 Å². The molecular weight excluding hydrogens is 268 g/mol. The molecule has 7 nitrogen and oxygen atoms in total. The molecule has 1 aliphatic carbocycles. The number of nitrogens with zero attached hydrogens (tertiary/aromatic N) is 3. The fourth-order valence-electron chi connectivity index (χ4n) is 3.26. The van der Waals surface area contributed by atoms with Gasteiger partial charge in [0.25, 0.3) is 5.91 Å². The van der Waals surface area contributed by atoms with Crippen LogP contribution in [0.2, 0.25) is 0 Å². The third-order valence-corrected chi connectivity index (χ3v) is 4.32. The largest absolute Gasteiger partial charge is 0.312 e. The highest BCUT2D eigenvalue weighted by molar-refractivity contribution is 6.04. The molecule has 0 radical (unpaired) electrons. The molecular formula is C14H18N6O. The predicted octanol–water partition coefficient (Wildman–Crippen LogP) is 0.530. The van der Waals surface area contributed by atoms with Crippen molar-refractivity contribution >= 4 is 11.7 Å². The lowest BCUT2D eigenvalue weighted by atomic mass is 10.1. The maximum absolute atomic E-state index is 12.5. The van der Waals surface area contributed by atoms with Crippen molar-refractivity contribution in [2.24, 2.45) is 7.05 Å². The van der Waals surface area contributed by atoms with Crippen LogP contribution in [0.1, 0.15) is 39.4 Å². The van der Waals surface area contributed by atoms with Crippen molar-refractivity contribution in [3.8, 4) is 0 Å². The van der Waals surface area contributed by atoms with Crippen LogP contribution in [-0.2, 0) is 32.9 Å². The Bertz CT molecular complexity index is 713. The number of anilines is 1. The molecule has 7 heteroatoms. The van der Waals surface area contributed by atoms with Gasteiger partial charge < -0.3 is 10.6 Å². The monoisotopic (exact) mass is 286 g/mol. The molecule has 1 amide bonds. The van der Waals surface area contributed by atoms with E-state index in [4.69, 9.17) is 0 Å². The van der Waals surface area contributed by atoms with Gasteiger partial charge in [-0.25, -0.2) is 0 Å². The standard InChI is InChI=1S/C14H18N6O/c1-20-13(8-3-2-4-11(8)19-20)16-14(21)12-9-7-15-6-5-10(9)17-18-12/h15H,2-7H2,1H3,(H,16,21)(H,17,18). The van der Waals surface area contributed by atoms with Gasteiger partial charge in [0.1, 0.15) is 5.82 Å². The highest BCUT2D eigenvalue weighted by atomic mass is 16.2. The molecule has 2 aromatic rings. The van der Waals surface area contributed by atoms with Gasteiger partial charge in [0, 0.05) is 43.4 Å². The maximum Gasteiger partial charge on any atom is 0.277 e. The molecule has 2 aliphatic rings. The molecule has 110 valence electrons. The zero-order valence-corrected chi connectivity index (χ0v) is 12.0. The van der Waals surface area contributed by atoms with Crippen LogP contribution < -0.4 is 10.6 Å². The summed E-state index contributed by atoms with van der Waals surface area (Å²) in [6.07, 6.45) is 3.99. The van der Waals surface area contributed by atoms with Gasteiger partial charge in [-0.1, -0.05) is 0 Å². The number of amides is 1. The number of rotatable bonds is 2. The van der Waals surface area contributed by atoms with Crippen molar-refractivity contribution in [2.75, 3.05) is 11.9 Å². The number of nitrogens with one attached hydrogen (secondary N) is 3. The third-order valence-electron chi connectivity index (χ3n) is 4.32. The molecule has 0 saturated carbocycles. The Morgan fingerprint density at radius 2 is 2.19 bits per heavy atom. The van der Waals surface area contributed by atoms with E-state index >= 15 is 0 Å². The van der Waals surface area contributed by atoms with E-state index in [0.29, 0.717) is 12.2 Å². The maximum atomic E-state index is 12.5. The van der Waals surface area contributed by atoms with Gasteiger partial charge in [-0.3, -0.25) is 14.6 Å². The van der Waals surface area contributed by atoms with Crippen LogP contribution in [0.5, 0.6) is 0 Å². The second-order valence-corrected chi connectivity index (χ2v) is 5.66. The number of aromatic nitrogens is 4. The number of aryl methyl sites for hydroxylation is 2. The molecule has 0 unspecified atom stereocenters. The molecule has 3 N–H and O–H groups in total. The summed E-state index contributed by atoms with van der Waals surface area (Å²) in [5.74, 6) is 0.655. The van der Waals surface area contributed by atoms with Crippen molar-refractivity contribution in [1.29, 1.82) is 0 Å². The first-order chi connectivity index (χ1) is 10.2. The summed E-state index contributed by atoms with van der Waals surface area (Å²) in [7, 11) is 1.87. The SMILES string of the molecule is Cn1nc2c(c1NC(=O)c1n[nH]c3c1CNCC3)CCC2. The number of carbonyl (C=O) groups excluding carboxylic acids is 1. The average molecular weight is 286 g/mol. The Kier molecular flexibility index (Phi) is 2.81. The third kappa shape index (κ3) is 1.96. The van der Waals surface area contributed by atoms with Gasteiger partial charge in [-0.05, 0) is 19.3 Å². The van der Waals surface area contributed by atoms with Crippen LogP contribution in [0.15, 0.2) is 0 Å². The minimum absolute atomic E-state index is 0.158. The van der Waals surface area contributed by atoms with Gasteiger partial charge >= 0.3 is 0 Å². The Morgan fingerprint density at radius 1 is 1.29 bits per heavy atom. The van der Waals surface area contributed by atoms with E-state index in [1.165, 1.54) is 5.56 Å². The van der Waals surface area contributed by atoms with Gasteiger partial charge in [-0.15, -0.1) is 0 Å². The number of H-pyrrole nitrogens is 1. The second kappa shape index (κ2) is 4.70. The quantitative estimate of drug-likeness (QED) is 0.751. The van der Waals surface area contributed by atoms with Crippen molar-refractivity contribution < 1.29 is 4.79 Å². The van der Waals surface area contributed by atoms with Crippen LogP contribution in [0.25, 0.3) is 0 Å². The predicted molar refractivity (Wildman–Crippen MR) is 77.2 cm³/mol. The molecule has 0 aromatic carbocycles. The number of hydrogen-bond acceptors (Lipinski definition) is 4. The Hall–Kier alpha value is -2.15. The van der Waals surface area contributed by atoms with Crippen LogP contribution >= 0.6 is 0 Å². The molecule has 3 heterocycles. The van der Waals surface area contributed by atoms with Crippen molar-refractivity contribution in [2.45, 2.75) is 32.2 Å². The summed E-state index contributed by atoms with van der Waals surface area (Å²) in [5, 5.41) is 17.9. The van der Waals surface area contributed by atoms with Gasteiger partial charge in [0.05, 0.1) is 5.69 Å². The van der Waals surface area contributed by atoms with E-state index in [0.717, 1.165) is 55.0 Å². The molecule has 21 heavy (non-hydrogen) atoms. The normalized spacial score (nSPS) is 16.6. The number of fused-ring (bicyclic) bond motifs is 2. The minimum atomic E-state index is -0.158. The molecule has 0 saturated heterocycles. The van der Waals surface area contributed by atoms with Gasteiger partial charge in [-0.2, -0.15) is 10.2 Å². The molecule has 0 fully saturated rings. The number of carbonyl (C=O) groups is 1. The molecule has 0 atom stereocenters. The van der Waals surface area contributed by atoms with Crippen LogP contribution in [0.4, 0.5) is 5.82 Å². The van der Waals surface area contributed by atoms with Crippen molar-refractivity contribution in [1.82, 2.24) is 25.3 Å². The lowest BCUT2D eigenvalue weighted by Gasteiger charge is -2.13. The number of hydrogen-bond donors (Lipinski definition) is 3. The molecule has 0 spiro atoms. The summed E-state index contributed by atoms with van der Waals surface area (Å²) in [6, 6.07) is 0. The van der Waals surface area contributed by atoms with E-state index in [2.05, 4.69) is 25.9 Å². The van der Waals surface area contributed by atoms with E-state index in [1.807, 2.05) is 7.05 Å². The lowest BCUT2D eigenvalue weighted by molar-refractivity contribution is 0.102. The molecule has 4 rings (SSSR count). The van der Waals surface area contributed by atoms with E-state index in [-0.39, 0.29) is 5.91 Å². The van der Waals surface area contributed by atoms with Gasteiger partial charge in [0.15, 0.2) is 5.69 Å². The van der Waals surface area contributed by atoms with Crippen LogP contribution in [0.3, 0.4) is 0 Å². The van der Waals surface area contributed by atoms with Crippen LogP contribution in [-0.4, -0.2) is 32.4 Å². The van der Waals surface area contributed by atoms with Gasteiger partial charge in [0.2, 0.25) is 0 Å². The van der Waals surface area contributed by atoms with E-state index in [1.54, 1.807) is 4.68 Å². The Morgan fingerprint density at radius 3 is 3.10 bits per heavy atom. The molecule has 2 aromatic heterocycles. The summed E-state index contributed by atoms with van der Waals surface area (Å²) in [4.78, 5) is 12.5. The highest BCUT2D eigenvalue weighted by Gasteiger charge is 2.25. The van der Waals surface area contributed by atoms with E-state index in [9.17, 15) is 4.79 Å². The first-order valence-electron chi connectivity index (χ1n) is 7.37. The Balaban J connectivity index is 1.63. The zero-order chi connectivity index (χ0) is 14.4. The summed E-state index contributed by atoms with van der Waals surface area (Å²) in [5.41, 5.74) is 4.82. The summed E-state index contributed by atoms with van der Waals surface area (Å²) < 4.78 is 1.76. The fraction of sp³-hybridized carbons (Fsp3) is 0.500. The second-order valence-electron chi connectivity index (χ2n) is 5.66. The summed E-state index contributed by atoms with van der Waals surface area (Å²) in [6.45, 7) is 1.61. The minimum Gasteiger partial charge on any atom is -0.312 e.